The molecule has 0 aromatic carbocycles. The van der Waals surface area contributed by atoms with Crippen LogP contribution in [0.15, 0.2) is 0 Å². The van der Waals surface area contributed by atoms with Crippen molar-refractivity contribution in [2.75, 3.05) is 6.54 Å². The Labute approximate surface area is 63.4 Å². The van der Waals surface area contributed by atoms with Crippen molar-refractivity contribution in [1.82, 2.24) is 0 Å². The average Bonchev–Trinajstić information content (AvgIpc) is 1.65. The molecule has 0 heterocycles. The molecule has 0 unspecified atom stereocenters. The van der Waals surface area contributed by atoms with Crippen LogP contribution in [0.1, 0.15) is 0 Å². The minimum atomic E-state index is -0.602. The number of rotatable bonds is 1. The van der Waals surface area contributed by atoms with Gasteiger partial charge in [0.1, 0.15) is 0 Å². The Balaban J connectivity index is 0. The van der Waals surface area contributed by atoms with Crippen molar-refractivity contribution in [3.63, 3.8) is 0 Å². The zero-order valence-corrected chi connectivity index (χ0v) is 3.18. The van der Waals surface area contributed by atoms with Crippen LogP contribution in [0.5, 0.6) is 0 Å². The van der Waals surface area contributed by atoms with Gasteiger partial charge < -0.3 is 10.6 Å². The van der Waals surface area contributed by atoms with Gasteiger partial charge in [-0.25, -0.2) is 4.79 Å². The van der Waals surface area contributed by atoms with Gasteiger partial charge in [0.25, 0.3) is 0 Å². The predicted octanol–water partition coefficient (Wildman–Crippen LogP) is -2.29. The van der Waals surface area contributed by atoms with Gasteiger partial charge in [0, 0.05) is 0 Å². The maximum absolute atomic E-state index is 9.71. The number of carbonyl (C=O) groups excluding carboxylic acids is 1. The van der Waals surface area contributed by atoms with Crippen molar-refractivity contribution in [3.05, 3.63) is 0 Å². The molecule has 0 radical (unpaired) electrons. The zero-order chi connectivity index (χ0) is 4.99. The Morgan fingerprint density at radius 2 is 2.14 bits per heavy atom. The summed E-state index contributed by atoms with van der Waals surface area (Å²) < 4.78 is 0. The number of hydrogen-bond acceptors (Lipinski definition) is 4. The van der Waals surface area contributed by atoms with E-state index in [4.69, 9.17) is 5.73 Å². The van der Waals surface area contributed by atoms with E-state index in [0.717, 1.165) is 0 Å². The Bertz CT molecular complexity index is 51.7. The summed E-state index contributed by atoms with van der Waals surface area (Å²) in [5.74, 6) is 3.75. The number of nitrogens with two attached hydrogens (primary N) is 2. The van der Waals surface area contributed by atoms with E-state index in [9.17, 15) is 4.79 Å². The zero-order valence-electron chi connectivity index (χ0n) is 3.18. The summed E-state index contributed by atoms with van der Waals surface area (Å²) in [6.45, 7) is -0.156. The van der Waals surface area contributed by atoms with Gasteiger partial charge in [-0.15, -0.1) is 0 Å². The van der Waals surface area contributed by atoms with Crippen LogP contribution in [-0.4, -0.2) is 42.1 Å². The average molecular weight is 114 g/mol. The Kier molecular flexibility index (Phi) is 9.48. The van der Waals surface area contributed by atoms with E-state index >= 15 is 0 Å². The molecule has 38 valence electrons. The fourth-order valence-corrected chi connectivity index (χ4v) is 0.0481. The van der Waals surface area contributed by atoms with Crippen LogP contribution in [0.25, 0.3) is 0 Å². The molecule has 0 saturated heterocycles. The summed E-state index contributed by atoms with van der Waals surface area (Å²) in [5, 5.41) is 0. The van der Waals surface area contributed by atoms with Crippen molar-refractivity contribution in [2.45, 2.75) is 0 Å². The summed E-state index contributed by atoms with van der Waals surface area (Å²) in [5.41, 5.74) is 4.73. The molecular weight excluding hydrogens is 107 g/mol. The molecule has 0 aliphatic carbocycles. The van der Waals surface area contributed by atoms with Gasteiger partial charge in [-0.05, 0) is 0 Å². The van der Waals surface area contributed by atoms with Gasteiger partial charge in [0.2, 0.25) is 0 Å². The minimum absolute atomic E-state index is 0. The summed E-state index contributed by atoms with van der Waals surface area (Å²) in [6, 6.07) is 0. The van der Waals surface area contributed by atoms with Crippen LogP contribution in [-0.2, 0) is 9.63 Å². The summed E-state index contributed by atoms with van der Waals surface area (Å²) in [7, 11) is 0. The summed E-state index contributed by atoms with van der Waals surface area (Å²) in [4.78, 5) is 13.3. The summed E-state index contributed by atoms with van der Waals surface area (Å²) >= 11 is 0. The fourth-order valence-electron chi connectivity index (χ4n) is 0.0481. The van der Waals surface area contributed by atoms with E-state index in [1.54, 1.807) is 0 Å². The predicted molar refractivity (Wildman–Crippen MR) is 26.5 cm³/mol. The molecule has 0 aromatic rings. The van der Waals surface area contributed by atoms with Crippen LogP contribution in [0.2, 0.25) is 0 Å². The van der Waals surface area contributed by atoms with Crippen molar-refractivity contribution in [2.24, 2.45) is 11.6 Å². The van der Waals surface area contributed by atoms with Gasteiger partial charge >= 0.3 is 35.5 Å². The van der Waals surface area contributed by atoms with E-state index in [2.05, 4.69) is 10.7 Å². The molecule has 5 heteroatoms. The van der Waals surface area contributed by atoms with Crippen LogP contribution in [0, 0.1) is 0 Å². The van der Waals surface area contributed by atoms with Gasteiger partial charge in [0.05, 0.1) is 6.54 Å². The first-order valence-electron chi connectivity index (χ1n) is 1.41. The maximum atomic E-state index is 9.71. The van der Waals surface area contributed by atoms with Crippen LogP contribution >= 0.6 is 0 Å². The van der Waals surface area contributed by atoms with Crippen molar-refractivity contribution in [3.8, 4) is 0 Å². The van der Waals surface area contributed by atoms with E-state index in [1.165, 1.54) is 0 Å². The third-order valence-corrected chi connectivity index (χ3v) is 0.298. The standard InChI is InChI=1S/C2H6N2O2.Na.H/c3-1-2(5)6-4;;/h1,3-4H2;;. The first-order chi connectivity index (χ1) is 2.81. The second-order valence-electron chi connectivity index (χ2n) is 0.694. The van der Waals surface area contributed by atoms with Crippen LogP contribution in [0.3, 0.4) is 0 Å². The molecule has 0 spiro atoms. The van der Waals surface area contributed by atoms with E-state index < -0.39 is 5.97 Å². The van der Waals surface area contributed by atoms with Gasteiger partial charge in [-0.2, -0.15) is 5.90 Å². The molecule has 0 amide bonds. The Hall–Kier alpha value is 0.390. The van der Waals surface area contributed by atoms with Crippen LogP contribution < -0.4 is 11.6 Å². The molecule has 0 rings (SSSR count). The third-order valence-electron chi connectivity index (χ3n) is 0.298. The first kappa shape index (κ1) is 10.4. The molecule has 0 aliphatic rings. The fraction of sp³-hybridized carbons (Fsp3) is 0.500. The second kappa shape index (κ2) is 6.39. The monoisotopic (exact) mass is 114 g/mol. The van der Waals surface area contributed by atoms with Crippen molar-refractivity contribution in [1.29, 1.82) is 0 Å². The van der Waals surface area contributed by atoms with Crippen molar-refractivity contribution >= 4 is 35.5 Å². The van der Waals surface area contributed by atoms with Gasteiger partial charge in [0.15, 0.2) is 0 Å². The Morgan fingerprint density at radius 3 is 2.14 bits per heavy atom. The topological polar surface area (TPSA) is 78.3 Å². The molecule has 0 fully saturated rings. The second-order valence-corrected chi connectivity index (χ2v) is 0.694. The van der Waals surface area contributed by atoms with Crippen LogP contribution in [0.4, 0.5) is 0 Å². The van der Waals surface area contributed by atoms with Crippen molar-refractivity contribution < 1.29 is 9.63 Å². The number of carbonyl (C=O) groups is 1. The van der Waals surface area contributed by atoms with E-state index in [0.29, 0.717) is 0 Å². The molecule has 0 saturated carbocycles. The van der Waals surface area contributed by atoms with Gasteiger partial charge in [-0.3, -0.25) is 0 Å². The molecule has 7 heavy (non-hydrogen) atoms. The molecule has 0 aromatic heterocycles. The molecule has 0 atom stereocenters. The normalized spacial score (nSPS) is 6.57. The first-order valence-corrected chi connectivity index (χ1v) is 1.41. The molecule has 4 nitrogen and oxygen atoms in total. The molecule has 0 bridgehead atoms. The third kappa shape index (κ3) is 6.39. The molecule has 4 N–H and O–H groups in total. The quantitative estimate of drug-likeness (QED) is 0.297. The Morgan fingerprint density at radius 1 is 1.71 bits per heavy atom. The van der Waals surface area contributed by atoms with E-state index in [1.807, 2.05) is 0 Å². The summed E-state index contributed by atoms with van der Waals surface area (Å²) in [6.07, 6.45) is 0. The SMILES string of the molecule is NCC(=O)ON.[NaH]. The van der Waals surface area contributed by atoms with E-state index in [-0.39, 0.29) is 36.1 Å². The molecule has 0 aliphatic heterocycles. The molecular formula is C2H7N2NaO2. The number of hydrogen-bond donors (Lipinski definition) is 2. The van der Waals surface area contributed by atoms with Gasteiger partial charge in [-0.1, -0.05) is 0 Å².